The van der Waals surface area contributed by atoms with Gasteiger partial charge >= 0.3 is 0 Å². The summed E-state index contributed by atoms with van der Waals surface area (Å²) in [6, 6.07) is 5.88. The van der Waals surface area contributed by atoms with Crippen LogP contribution in [0.1, 0.15) is 37.3 Å². The predicted octanol–water partition coefficient (Wildman–Crippen LogP) is 2.34. The normalized spacial score (nSPS) is 30.0. The highest BCUT2D eigenvalue weighted by molar-refractivity contribution is 9.10. The van der Waals surface area contributed by atoms with E-state index in [-0.39, 0.29) is 18.1 Å². The van der Waals surface area contributed by atoms with Crippen LogP contribution in [0.4, 0.5) is 5.69 Å². The van der Waals surface area contributed by atoms with E-state index in [9.17, 15) is 9.90 Å². The van der Waals surface area contributed by atoms with Crippen LogP contribution >= 0.6 is 15.9 Å². The lowest BCUT2D eigenvalue weighted by Crippen LogP contribution is -2.39. The van der Waals surface area contributed by atoms with Gasteiger partial charge in [-0.3, -0.25) is 10.1 Å². The standard InChI is InChI=1S/C14H17BrN2O2/c15-8-1-6-12-11(7-8)13(14(19)17-12)16-9-2-4-10(18)5-3-9/h1,6-7,9-10,13,16,18H,2-5H2,(H,17,19). The number of halogens is 1. The summed E-state index contributed by atoms with van der Waals surface area (Å²) in [5.74, 6) is 0.0132. The van der Waals surface area contributed by atoms with Gasteiger partial charge < -0.3 is 10.4 Å². The third-order valence-electron chi connectivity index (χ3n) is 3.94. The van der Waals surface area contributed by atoms with Gasteiger partial charge in [-0.2, -0.15) is 0 Å². The molecule has 0 aromatic heterocycles. The van der Waals surface area contributed by atoms with Crippen LogP contribution in [0.3, 0.4) is 0 Å². The highest BCUT2D eigenvalue weighted by Crippen LogP contribution is 2.34. The minimum atomic E-state index is -0.271. The first-order chi connectivity index (χ1) is 9.13. The number of nitrogens with one attached hydrogen (secondary N) is 2. The Morgan fingerprint density at radius 2 is 2.00 bits per heavy atom. The van der Waals surface area contributed by atoms with Crippen molar-refractivity contribution >= 4 is 27.5 Å². The van der Waals surface area contributed by atoms with E-state index >= 15 is 0 Å². The van der Waals surface area contributed by atoms with Crippen molar-refractivity contribution in [3.63, 3.8) is 0 Å². The zero-order valence-corrected chi connectivity index (χ0v) is 12.1. The zero-order chi connectivity index (χ0) is 13.4. The second kappa shape index (κ2) is 5.23. The van der Waals surface area contributed by atoms with Crippen LogP contribution in [0.15, 0.2) is 22.7 Å². The van der Waals surface area contributed by atoms with E-state index in [0.717, 1.165) is 41.4 Å². The van der Waals surface area contributed by atoms with Gasteiger partial charge in [-0.05, 0) is 43.9 Å². The SMILES string of the molecule is O=C1Nc2ccc(Br)cc2C1NC1CCC(O)CC1. The van der Waals surface area contributed by atoms with Crippen LogP contribution in [0.25, 0.3) is 0 Å². The van der Waals surface area contributed by atoms with Crippen LogP contribution in [0, 0.1) is 0 Å². The lowest BCUT2D eigenvalue weighted by atomic mass is 9.92. The van der Waals surface area contributed by atoms with Crippen LogP contribution < -0.4 is 10.6 Å². The summed E-state index contributed by atoms with van der Waals surface area (Å²) in [5, 5.41) is 15.8. The molecule has 1 amide bonds. The van der Waals surface area contributed by atoms with Crippen molar-refractivity contribution in [1.29, 1.82) is 0 Å². The minimum absolute atomic E-state index is 0.0132. The van der Waals surface area contributed by atoms with Gasteiger partial charge in [0, 0.05) is 21.8 Å². The number of carbonyl (C=O) groups excluding carboxylic acids is 1. The van der Waals surface area contributed by atoms with Gasteiger partial charge in [0.15, 0.2) is 0 Å². The summed E-state index contributed by atoms with van der Waals surface area (Å²) in [6.07, 6.45) is 3.31. The molecule has 1 aromatic rings. The minimum Gasteiger partial charge on any atom is -0.393 e. The number of amides is 1. The number of aliphatic hydroxyl groups is 1. The molecule has 5 heteroatoms. The number of anilines is 1. The molecule has 1 aliphatic heterocycles. The molecule has 1 aromatic carbocycles. The molecule has 1 heterocycles. The smallest absolute Gasteiger partial charge is 0.246 e. The molecule has 0 radical (unpaired) electrons. The number of benzene rings is 1. The van der Waals surface area contributed by atoms with Crippen LogP contribution in [-0.4, -0.2) is 23.2 Å². The van der Waals surface area contributed by atoms with E-state index < -0.39 is 0 Å². The fraction of sp³-hybridized carbons (Fsp3) is 0.500. The van der Waals surface area contributed by atoms with Gasteiger partial charge in [0.1, 0.15) is 6.04 Å². The average Bonchev–Trinajstić information content (AvgIpc) is 2.69. The first-order valence-electron chi connectivity index (χ1n) is 6.68. The Labute approximate surface area is 120 Å². The van der Waals surface area contributed by atoms with Crippen molar-refractivity contribution in [2.75, 3.05) is 5.32 Å². The summed E-state index contributed by atoms with van der Waals surface area (Å²) in [7, 11) is 0. The highest BCUT2D eigenvalue weighted by Gasteiger charge is 2.33. The Hall–Kier alpha value is -0.910. The monoisotopic (exact) mass is 324 g/mol. The predicted molar refractivity (Wildman–Crippen MR) is 76.9 cm³/mol. The number of fused-ring (bicyclic) bond motifs is 1. The van der Waals surface area contributed by atoms with Crippen molar-refractivity contribution in [2.24, 2.45) is 0 Å². The number of hydrogen-bond donors (Lipinski definition) is 3. The number of aliphatic hydroxyl groups excluding tert-OH is 1. The summed E-state index contributed by atoms with van der Waals surface area (Å²) in [5.41, 5.74) is 1.90. The molecule has 1 aliphatic carbocycles. The van der Waals surface area contributed by atoms with E-state index in [1.165, 1.54) is 0 Å². The lowest BCUT2D eigenvalue weighted by Gasteiger charge is -2.28. The molecule has 0 spiro atoms. The molecule has 0 bridgehead atoms. The van der Waals surface area contributed by atoms with Gasteiger partial charge in [0.05, 0.1) is 6.10 Å². The number of carbonyl (C=O) groups is 1. The molecule has 1 unspecified atom stereocenters. The fourth-order valence-electron chi connectivity index (χ4n) is 2.88. The molecule has 0 saturated heterocycles. The molecule has 1 saturated carbocycles. The van der Waals surface area contributed by atoms with E-state index in [2.05, 4.69) is 26.6 Å². The highest BCUT2D eigenvalue weighted by atomic mass is 79.9. The lowest BCUT2D eigenvalue weighted by molar-refractivity contribution is -0.118. The first kappa shape index (κ1) is 13.1. The molecule has 19 heavy (non-hydrogen) atoms. The van der Waals surface area contributed by atoms with Gasteiger partial charge in [-0.15, -0.1) is 0 Å². The van der Waals surface area contributed by atoms with Crippen molar-refractivity contribution in [1.82, 2.24) is 5.32 Å². The Kier molecular flexibility index (Phi) is 3.60. The summed E-state index contributed by atoms with van der Waals surface area (Å²) in [6.45, 7) is 0. The summed E-state index contributed by atoms with van der Waals surface area (Å²) in [4.78, 5) is 12.0. The van der Waals surface area contributed by atoms with Crippen LogP contribution in [0.5, 0.6) is 0 Å². The maximum atomic E-state index is 12.0. The van der Waals surface area contributed by atoms with Crippen molar-refractivity contribution in [2.45, 2.75) is 43.9 Å². The molecular weight excluding hydrogens is 308 g/mol. The molecule has 3 rings (SSSR count). The third-order valence-corrected chi connectivity index (χ3v) is 4.44. The molecule has 1 atom stereocenters. The summed E-state index contributed by atoms with van der Waals surface area (Å²) >= 11 is 3.45. The van der Waals surface area contributed by atoms with Gasteiger partial charge in [-0.1, -0.05) is 15.9 Å². The molecule has 1 fully saturated rings. The van der Waals surface area contributed by atoms with Crippen LogP contribution in [-0.2, 0) is 4.79 Å². The topological polar surface area (TPSA) is 61.4 Å². The van der Waals surface area contributed by atoms with Crippen molar-refractivity contribution in [3.8, 4) is 0 Å². The Balaban J connectivity index is 1.75. The molecular formula is C14H17BrN2O2. The first-order valence-corrected chi connectivity index (χ1v) is 7.47. The molecule has 4 nitrogen and oxygen atoms in total. The van der Waals surface area contributed by atoms with Crippen molar-refractivity contribution in [3.05, 3.63) is 28.2 Å². The van der Waals surface area contributed by atoms with Gasteiger partial charge in [0.25, 0.3) is 0 Å². The quantitative estimate of drug-likeness (QED) is 0.782. The molecule has 3 N–H and O–H groups in total. The second-order valence-corrected chi connectivity index (χ2v) is 6.24. The fourth-order valence-corrected chi connectivity index (χ4v) is 3.25. The summed E-state index contributed by atoms with van der Waals surface area (Å²) < 4.78 is 0.980. The largest absolute Gasteiger partial charge is 0.393 e. The van der Waals surface area contributed by atoms with Crippen LogP contribution in [0.2, 0.25) is 0 Å². The maximum Gasteiger partial charge on any atom is 0.246 e. The Bertz CT molecular complexity index is 498. The van der Waals surface area contributed by atoms with Gasteiger partial charge in [-0.25, -0.2) is 0 Å². The molecule has 102 valence electrons. The van der Waals surface area contributed by atoms with E-state index in [1.807, 2.05) is 18.2 Å². The maximum absolute atomic E-state index is 12.0. The number of rotatable bonds is 2. The Morgan fingerprint density at radius 3 is 2.74 bits per heavy atom. The van der Waals surface area contributed by atoms with E-state index in [4.69, 9.17) is 0 Å². The van der Waals surface area contributed by atoms with E-state index in [0.29, 0.717) is 6.04 Å². The van der Waals surface area contributed by atoms with Crippen molar-refractivity contribution < 1.29 is 9.90 Å². The average molecular weight is 325 g/mol. The third kappa shape index (κ3) is 2.68. The Morgan fingerprint density at radius 1 is 1.26 bits per heavy atom. The molecule has 2 aliphatic rings. The number of hydrogen-bond acceptors (Lipinski definition) is 3. The van der Waals surface area contributed by atoms with Gasteiger partial charge in [0.2, 0.25) is 5.91 Å². The zero-order valence-electron chi connectivity index (χ0n) is 10.5. The second-order valence-electron chi connectivity index (χ2n) is 5.33. The van der Waals surface area contributed by atoms with E-state index in [1.54, 1.807) is 0 Å².